The van der Waals surface area contributed by atoms with Crippen molar-refractivity contribution in [3.8, 4) is 0 Å². The Morgan fingerprint density at radius 3 is 2.75 bits per heavy atom. The number of halogens is 2. The molecule has 124 valence electrons. The SMILES string of the molecule is O=S(Nc1cscn1)c1cc(Cl)c(NCc2ccccc2)cc1F. The molecule has 1 unspecified atom stereocenters. The summed E-state index contributed by atoms with van der Waals surface area (Å²) in [6.07, 6.45) is 0. The van der Waals surface area contributed by atoms with Crippen LogP contribution in [0.1, 0.15) is 5.56 Å². The fourth-order valence-electron chi connectivity index (χ4n) is 2.01. The molecule has 0 saturated heterocycles. The maximum absolute atomic E-state index is 14.3. The van der Waals surface area contributed by atoms with Gasteiger partial charge in [0.25, 0.3) is 0 Å². The van der Waals surface area contributed by atoms with Gasteiger partial charge < -0.3 is 5.32 Å². The number of anilines is 2. The van der Waals surface area contributed by atoms with Crippen molar-refractivity contribution in [1.29, 1.82) is 0 Å². The highest BCUT2D eigenvalue weighted by atomic mass is 35.5. The second-order valence-electron chi connectivity index (χ2n) is 4.85. The Labute approximate surface area is 150 Å². The van der Waals surface area contributed by atoms with Crippen LogP contribution in [0, 0.1) is 5.82 Å². The molecule has 0 spiro atoms. The minimum Gasteiger partial charge on any atom is -0.380 e. The lowest BCUT2D eigenvalue weighted by molar-refractivity contribution is 0.596. The Morgan fingerprint density at radius 2 is 2.04 bits per heavy atom. The van der Waals surface area contributed by atoms with Gasteiger partial charge in [-0.25, -0.2) is 13.6 Å². The summed E-state index contributed by atoms with van der Waals surface area (Å²) < 4.78 is 29.1. The summed E-state index contributed by atoms with van der Waals surface area (Å²) in [6, 6.07) is 12.3. The number of rotatable bonds is 6. The van der Waals surface area contributed by atoms with E-state index < -0.39 is 16.8 Å². The standard InChI is InChI=1S/C16H13ClFN3OS2/c17-12-6-15(24(22)21-16-9-23-10-20-16)13(18)7-14(12)19-8-11-4-2-1-3-5-11/h1-7,9-10,19,21H,8H2. The molecule has 0 saturated carbocycles. The highest BCUT2D eigenvalue weighted by Gasteiger charge is 2.15. The van der Waals surface area contributed by atoms with Gasteiger partial charge in [-0.05, 0) is 17.7 Å². The summed E-state index contributed by atoms with van der Waals surface area (Å²) in [7, 11) is -1.78. The first-order chi connectivity index (χ1) is 11.6. The predicted molar refractivity (Wildman–Crippen MR) is 97.3 cm³/mol. The number of benzene rings is 2. The molecule has 8 heteroatoms. The Morgan fingerprint density at radius 1 is 1.25 bits per heavy atom. The average Bonchev–Trinajstić information content (AvgIpc) is 3.09. The largest absolute Gasteiger partial charge is 0.380 e. The highest BCUT2D eigenvalue weighted by Crippen LogP contribution is 2.28. The molecule has 0 radical (unpaired) electrons. The van der Waals surface area contributed by atoms with Gasteiger partial charge in [0.05, 0.1) is 21.1 Å². The molecule has 24 heavy (non-hydrogen) atoms. The average molecular weight is 382 g/mol. The monoisotopic (exact) mass is 381 g/mol. The molecule has 4 nitrogen and oxygen atoms in total. The molecular formula is C16H13ClFN3OS2. The molecule has 0 aliphatic carbocycles. The molecule has 0 aliphatic rings. The number of hydrogen-bond acceptors (Lipinski definition) is 4. The summed E-state index contributed by atoms with van der Waals surface area (Å²) >= 11 is 7.54. The van der Waals surface area contributed by atoms with E-state index in [9.17, 15) is 8.60 Å². The third-order valence-corrected chi connectivity index (χ3v) is 5.18. The zero-order chi connectivity index (χ0) is 16.9. The second-order valence-corrected chi connectivity index (χ2v) is 7.15. The highest BCUT2D eigenvalue weighted by molar-refractivity contribution is 7.86. The van der Waals surface area contributed by atoms with E-state index >= 15 is 0 Å². The Kier molecular flexibility index (Phi) is 5.44. The minimum absolute atomic E-state index is 0.0155. The van der Waals surface area contributed by atoms with E-state index in [1.807, 2.05) is 30.3 Å². The summed E-state index contributed by atoms with van der Waals surface area (Å²) in [5.74, 6) is -0.170. The van der Waals surface area contributed by atoms with Crippen LogP contribution in [0.5, 0.6) is 0 Å². The van der Waals surface area contributed by atoms with Crippen molar-refractivity contribution in [2.45, 2.75) is 11.4 Å². The van der Waals surface area contributed by atoms with Crippen molar-refractivity contribution >= 4 is 45.4 Å². The number of aromatic nitrogens is 1. The van der Waals surface area contributed by atoms with E-state index in [1.165, 1.54) is 23.5 Å². The van der Waals surface area contributed by atoms with Gasteiger partial charge in [-0.2, -0.15) is 0 Å². The van der Waals surface area contributed by atoms with Crippen LogP contribution in [0.15, 0.2) is 58.3 Å². The van der Waals surface area contributed by atoms with Crippen molar-refractivity contribution in [3.05, 3.63) is 69.8 Å². The van der Waals surface area contributed by atoms with Crippen LogP contribution in [0.4, 0.5) is 15.9 Å². The van der Waals surface area contributed by atoms with Gasteiger partial charge in [0.2, 0.25) is 0 Å². The zero-order valence-electron chi connectivity index (χ0n) is 12.3. The van der Waals surface area contributed by atoms with Crippen LogP contribution in [0.3, 0.4) is 0 Å². The van der Waals surface area contributed by atoms with Crippen LogP contribution in [-0.4, -0.2) is 9.19 Å². The van der Waals surface area contributed by atoms with E-state index in [2.05, 4.69) is 15.0 Å². The van der Waals surface area contributed by atoms with E-state index in [-0.39, 0.29) is 4.90 Å². The fraction of sp³-hybridized carbons (Fsp3) is 0.0625. The molecule has 2 aromatic carbocycles. The third-order valence-electron chi connectivity index (χ3n) is 3.18. The van der Waals surface area contributed by atoms with E-state index in [0.29, 0.717) is 23.1 Å². The van der Waals surface area contributed by atoms with E-state index in [1.54, 1.807) is 10.9 Å². The van der Waals surface area contributed by atoms with Crippen molar-refractivity contribution < 1.29 is 8.60 Å². The normalized spacial score (nSPS) is 11.9. The maximum Gasteiger partial charge on any atom is 0.154 e. The van der Waals surface area contributed by atoms with Crippen molar-refractivity contribution in [2.75, 3.05) is 10.0 Å². The van der Waals surface area contributed by atoms with Gasteiger partial charge in [-0.1, -0.05) is 41.9 Å². The lowest BCUT2D eigenvalue weighted by Crippen LogP contribution is -2.08. The smallest absolute Gasteiger partial charge is 0.154 e. The molecule has 1 heterocycles. The number of hydrogen-bond donors (Lipinski definition) is 2. The third kappa shape index (κ3) is 4.11. The molecule has 1 atom stereocenters. The molecule has 2 N–H and O–H groups in total. The van der Waals surface area contributed by atoms with Crippen molar-refractivity contribution in [2.24, 2.45) is 0 Å². The summed E-state index contributed by atoms with van der Waals surface area (Å²) in [5.41, 5.74) is 3.10. The van der Waals surface area contributed by atoms with Crippen LogP contribution in [-0.2, 0) is 17.5 Å². The zero-order valence-corrected chi connectivity index (χ0v) is 14.7. The van der Waals surface area contributed by atoms with E-state index in [4.69, 9.17) is 11.6 Å². The second kappa shape index (κ2) is 7.74. The van der Waals surface area contributed by atoms with E-state index in [0.717, 1.165) is 5.56 Å². The summed E-state index contributed by atoms with van der Waals surface area (Å²) in [5, 5.41) is 5.07. The Bertz CT molecular complexity index is 844. The van der Waals surface area contributed by atoms with Crippen molar-refractivity contribution in [1.82, 2.24) is 4.98 Å². The molecule has 0 amide bonds. The quantitative estimate of drug-likeness (QED) is 0.651. The predicted octanol–water partition coefficient (Wildman–Crippen LogP) is 4.68. The van der Waals surface area contributed by atoms with Crippen LogP contribution < -0.4 is 10.0 Å². The maximum atomic E-state index is 14.3. The molecule has 3 rings (SSSR count). The Hall–Kier alpha value is -1.96. The van der Waals surface area contributed by atoms with Crippen LogP contribution in [0.2, 0.25) is 5.02 Å². The number of thiazole rings is 1. The van der Waals surface area contributed by atoms with Gasteiger partial charge >= 0.3 is 0 Å². The Balaban J connectivity index is 1.74. The van der Waals surface area contributed by atoms with Gasteiger partial charge in [0.1, 0.15) is 11.6 Å². The first kappa shape index (κ1) is 16.9. The van der Waals surface area contributed by atoms with Crippen molar-refractivity contribution in [3.63, 3.8) is 0 Å². The van der Waals surface area contributed by atoms with Gasteiger partial charge in [0.15, 0.2) is 11.0 Å². The molecule has 1 aromatic heterocycles. The number of nitrogens with one attached hydrogen (secondary N) is 2. The fourth-order valence-corrected chi connectivity index (χ4v) is 3.74. The first-order valence-corrected chi connectivity index (χ1v) is 9.44. The lowest BCUT2D eigenvalue weighted by Gasteiger charge is -2.11. The molecule has 3 aromatic rings. The van der Waals surface area contributed by atoms with Gasteiger partial charge in [-0.3, -0.25) is 4.72 Å². The summed E-state index contributed by atoms with van der Waals surface area (Å²) in [6.45, 7) is 0.513. The summed E-state index contributed by atoms with van der Waals surface area (Å²) in [4.78, 5) is 3.95. The first-order valence-electron chi connectivity index (χ1n) is 6.97. The molecule has 0 bridgehead atoms. The molecule has 0 fully saturated rings. The van der Waals surface area contributed by atoms with Crippen LogP contribution >= 0.6 is 22.9 Å². The molecule has 0 aliphatic heterocycles. The van der Waals surface area contributed by atoms with Gasteiger partial charge in [0, 0.05) is 11.9 Å². The number of nitrogens with zero attached hydrogens (tertiary/aromatic N) is 1. The minimum atomic E-state index is -1.78. The van der Waals surface area contributed by atoms with Crippen LogP contribution in [0.25, 0.3) is 0 Å². The van der Waals surface area contributed by atoms with Gasteiger partial charge in [-0.15, -0.1) is 11.3 Å². The topological polar surface area (TPSA) is 54.0 Å². The molecular weight excluding hydrogens is 369 g/mol. The lowest BCUT2D eigenvalue weighted by atomic mass is 10.2.